The van der Waals surface area contributed by atoms with Gasteiger partial charge in [-0.2, -0.15) is 13.2 Å². The van der Waals surface area contributed by atoms with Crippen molar-refractivity contribution in [2.75, 3.05) is 6.61 Å². The third-order valence-electron chi connectivity index (χ3n) is 3.26. The lowest BCUT2D eigenvalue weighted by atomic mass is 9.89. The number of aromatic amines is 1. The van der Waals surface area contributed by atoms with Crippen molar-refractivity contribution in [3.63, 3.8) is 0 Å². The van der Waals surface area contributed by atoms with Crippen molar-refractivity contribution >= 4 is 39.5 Å². The number of esters is 1. The van der Waals surface area contributed by atoms with E-state index in [9.17, 15) is 23.1 Å². The van der Waals surface area contributed by atoms with Crippen LogP contribution in [-0.4, -0.2) is 28.8 Å². The van der Waals surface area contributed by atoms with Gasteiger partial charge in [0.2, 0.25) is 0 Å². The molecule has 0 saturated carbocycles. The Hall–Kier alpha value is -1.29. The lowest BCUT2D eigenvalue weighted by Gasteiger charge is -2.29. The number of carbonyl (C=O) groups excluding carboxylic acids is 1. The highest BCUT2D eigenvalue weighted by molar-refractivity contribution is 14.1. The molecule has 2 aromatic rings. The predicted molar refractivity (Wildman–Crippen MR) is 82.2 cm³/mol. The van der Waals surface area contributed by atoms with Crippen LogP contribution in [0.3, 0.4) is 0 Å². The van der Waals surface area contributed by atoms with Gasteiger partial charge in [0, 0.05) is 26.2 Å². The molecule has 1 unspecified atom stereocenters. The molecule has 0 aliphatic carbocycles. The molecule has 0 aliphatic heterocycles. The molecule has 0 aliphatic rings. The average Bonchev–Trinajstić information content (AvgIpc) is 2.80. The molecule has 22 heavy (non-hydrogen) atoms. The van der Waals surface area contributed by atoms with Gasteiger partial charge in [-0.15, -0.1) is 0 Å². The van der Waals surface area contributed by atoms with E-state index in [2.05, 4.69) is 9.72 Å². The van der Waals surface area contributed by atoms with E-state index in [1.165, 1.54) is 13.0 Å². The van der Waals surface area contributed by atoms with Crippen molar-refractivity contribution in [1.82, 2.24) is 4.98 Å². The van der Waals surface area contributed by atoms with Crippen molar-refractivity contribution in [2.45, 2.75) is 25.1 Å². The summed E-state index contributed by atoms with van der Waals surface area (Å²) in [6.45, 7) is 1.43. The molecule has 0 bridgehead atoms. The largest absolute Gasteiger partial charge is 0.466 e. The summed E-state index contributed by atoms with van der Waals surface area (Å²) >= 11 is 1.96. The number of fused-ring (bicyclic) bond motifs is 1. The Morgan fingerprint density at radius 1 is 1.41 bits per heavy atom. The predicted octanol–water partition coefficient (Wildman–Crippen LogP) is 3.48. The summed E-state index contributed by atoms with van der Waals surface area (Å²) in [7, 11) is 0. The number of aromatic nitrogens is 1. The molecule has 120 valence electrons. The standard InChI is InChI=1S/C14H13F3INO3/c1-2-22-12(20)6-13(21,14(15,16)17)10-7-19-11-4-3-8(18)5-9(10)11/h3-5,7,19,21H,2,6H2,1H3. The van der Waals surface area contributed by atoms with Gasteiger partial charge in [-0.3, -0.25) is 4.79 Å². The number of aliphatic hydroxyl groups is 1. The highest BCUT2D eigenvalue weighted by Gasteiger charge is 2.57. The number of ether oxygens (including phenoxy) is 1. The normalized spacial score (nSPS) is 14.8. The first-order valence-corrected chi connectivity index (χ1v) is 7.48. The Balaban J connectivity index is 2.57. The molecule has 8 heteroatoms. The molecule has 0 radical (unpaired) electrons. The van der Waals surface area contributed by atoms with Crippen LogP contribution in [0.2, 0.25) is 0 Å². The molecule has 1 aromatic carbocycles. The number of nitrogens with one attached hydrogen (secondary N) is 1. The topological polar surface area (TPSA) is 62.3 Å². The van der Waals surface area contributed by atoms with Crippen LogP contribution in [-0.2, 0) is 15.1 Å². The second-order valence-corrected chi connectivity index (χ2v) is 5.98. The fraction of sp³-hybridized carbons (Fsp3) is 0.357. The number of hydrogen-bond donors (Lipinski definition) is 2. The van der Waals surface area contributed by atoms with Gasteiger partial charge >= 0.3 is 12.1 Å². The maximum Gasteiger partial charge on any atom is 0.422 e. The summed E-state index contributed by atoms with van der Waals surface area (Å²) in [5.74, 6) is -1.11. The number of rotatable bonds is 4. The van der Waals surface area contributed by atoms with E-state index in [0.29, 0.717) is 9.09 Å². The molecule has 4 nitrogen and oxygen atoms in total. The minimum atomic E-state index is -5.02. The van der Waals surface area contributed by atoms with Crippen molar-refractivity contribution < 1.29 is 27.8 Å². The monoisotopic (exact) mass is 427 g/mol. The van der Waals surface area contributed by atoms with Crippen LogP contribution in [0.15, 0.2) is 24.4 Å². The van der Waals surface area contributed by atoms with Gasteiger partial charge in [0.25, 0.3) is 0 Å². The summed E-state index contributed by atoms with van der Waals surface area (Å²) in [6, 6.07) is 4.85. The highest BCUT2D eigenvalue weighted by atomic mass is 127. The fourth-order valence-electron chi connectivity index (χ4n) is 2.20. The van der Waals surface area contributed by atoms with Crippen LogP contribution in [0.1, 0.15) is 18.9 Å². The van der Waals surface area contributed by atoms with Gasteiger partial charge in [-0.25, -0.2) is 0 Å². The molecule has 2 rings (SSSR count). The van der Waals surface area contributed by atoms with Crippen LogP contribution in [0.5, 0.6) is 0 Å². The van der Waals surface area contributed by atoms with Crippen LogP contribution in [0.25, 0.3) is 10.9 Å². The smallest absolute Gasteiger partial charge is 0.422 e. The molecule has 0 fully saturated rings. The van der Waals surface area contributed by atoms with E-state index in [4.69, 9.17) is 0 Å². The third-order valence-corrected chi connectivity index (χ3v) is 3.93. The lowest BCUT2D eigenvalue weighted by Crippen LogP contribution is -2.44. The second kappa shape index (κ2) is 6.07. The summed E-state index contributed by atoms with van der Waals surface area (Å²) in [5, 5.41) is 10.5. The first-order chi connectivity index (χ1) is 10.2. The SMILES string of the molecule is CCOC(=O)CC(O)(c1c[nH]c2ccc(I)cc12)C(F)(F)F. The zero-order chi connectivity index (χ0) is 16.5. The summed E-state index contributed by atoms with van der Waals surface area (Å²) in [5.41, 5.74) is -3.24. The number of hydrogen-bond acceptors (Lipinski definition) is 3. The van der Waals surface area contributed by atoms with Crippen LogP contribution in [0, 0.1) is 3.57 Å². The Morgan fingerprint density at radius 2 is 2.09 bits per heavy atom. The Bertz CT molecular complexity index is 698. The minimum Gasteiger partial charge on any atom is -0.466 e. The van der Waals surface area contributed by atoms with Crippen LogP contribution >= 0.6 is 22.6 Å². The average molecular weight is 427 g/mol. The molecule has 2 N–H and O–H groups in total. The number of benzene rings is 1. The van der Waals surface area contributed by atoms with E-state index in [-0.39, 0.29) is 17.6 Å². The molecule has 0 saturated heterocycles. The summed E-state index contributed by atoms with van der Waals surface area (Å²) in [6.07, 6.45) is -5.13. The van der Waals surface area contributed by atoms with Gasteiger partial charge in [0.05, 0.1) is 13.0 Å². The third kappa shape index (κ3) is 3.07. The van der Waals surface area contributed by atoms with Gasteiger partial charge in [0.15, 0.2) is 5.60 Å². The zero-order valence-corrected chi connectivity index (χ0v) is 13.7. The zero-order valence-electron chi connectivity index (χ0n) is 11.5. The Kier molecular flexibility index (Phi) is 4.71. The Labute approximate surface area is 137 Å². The molecule has 1 atom stereocenters. The molecule has 0 amide bonds. The molecular formula is C14H13F3INO3. The van der Waals surface area contributed by atoms with E-state index < -0.39 is 24.2 Å². The quantitative estimate of drug-likeness (QED) is 0.581. The molecule has 0 spiro atoms. The van der Waals surface area contributed by atoms with E-state index in [1.807, 2.05) is 22.6 Å². The highest BCUT2D eigenvalue weighted by Crippen LogP contribution is 2.44. The first-order valence-electron chi connectivity index (χ1n) is 6.41. The maximum absolute atomic E-state index is 13.4. The van der Waals surface area contributed by atoms with Crippen molar-refractivity contribution in [2.24, 2.45) is 0 Å². The summed E-state index contributed by atoms with van der Waals surface area (Å²) < 4.78 is 45.5. The molecule has 1 aromatic heterocycles. The second-order valence-electron chi connectivity index (χ2n) is 4.73. The molecule has 1 heterocycles. The Morgan fingerprint density at radius 3 is 2.68 bits per heavy atom. The van der Waals surface area contributed by atoms with Crippen molar-refractivity contribution in [3.8, 4) is 0 Å². The van der Waals surface area contributed by atoms with Crippen molar-refractivity contribution in [1.29, 1.82) is 0 Å². The van der Waals surface area contributed by atoms with Gasteiger partial charge < -0.3 is 14.8 Å². The minimum absolute atomic E-state index is 0.0570. The van der Waals surface area contributed by atoms with E-state index in [1.54, 1.807) is 12.1 Å². The number of alkyl halides is 3. The maximum atomic E-state index is 13.4. The number of halogens is 4. The van der Waals surface area contributed by atoms with E-state index >= 15 is 0 Å². The lowest BCUT2D eigenvalue weighted by molar-refractivity contribution is -0.269. The van der Waals surface area contributed by atoms with Crippen LogP contribution in [0.4, 0.5) is 13.2 Å². The number of H-pyrrole nitrogens is 1. The summed E-state index contributed by atoms with van der Waals surface area (Å²) in [4.78, 5) is 14.2. The first kappa shape index (κ1) is 17.1. The van der Waals surface area contributed by atoms with Gasteiger partial charge in [-0.05, 0) is 47.7 Å². The van der Waals surface area contributed by atoms with Crippen LogP contribution < -0.4 is 0 Å². The van der Waals surface area contributed by atoms with Crippen molar-refractivity contribution in [3.05, 3.63) is 33.5 Å². The van der Waals surface area contributed by atoms with Gasteiger partial charge in [-0.1, -0.05) is 0 Å². The van der Waals surface area contributed by atoms with Gasteiger partial charge in [0.1, 0.15) is 0 Å². The molecular weight excluding hydrogens is 414 g/mol. The fourth-order valence-corrected chi connectivity index (χ4v) is 2.70. The van der Waals surface area contributed by atoms with E-state index in [0.717, 1.165) is 6.20 Å². The number of carbonyl (C=O) groups is 1.